The molecule has 2 aliphatic heterocycles. The average molecular weight is 287 g/mol. The van der Waals surface area contributed by atoms with Crippen molar-refractivity contribution < 1.29 is 9.53 Å². The van der Waals surface area contributed by atoms with Gasteiger partial charge in [0.25, 0.3) is 0 Å². The van der Waals surface area contributed by atoms with E-state index in [0.29, 0.717) is 18.2 Å². The summed E-state index contributed by atoms with van der Waals surface area (Å²) in [6.45, 7) is 3.77. The van der Waals surface area contributed by atoms with E-state index in [0.717, 1.165) is 31.7 Å². The van der Waals surface area contributed by atoms with E-state index in [1.807, 2.05) is 6.07 Å². The number of benzene rings is 1. The van der Waals surface area contributed by atoms with Crippen molar-refractivity contribution in [2.24, 2.45) is 0 Å². The molecule has 0 radical (unpaired) electrons. The second-order valence-corrected chi connectivity index (χ2v) is 6.46. The molecular formula is C18H25NO2. The van der Waals surface area contributed by atoms with Crippen LogP contribution in [0.2, 0.25) is 0 Å². The highest BCUT2D eigenvalue weighted by atomic mass is 16.5. The summed E-state index contributed by atoms with van der Waals surface area (Å²) >= 11 is 0. The summed E-state index contributed by atoms with van der Waals surface area (Å²) < 4.78 is 6.08. The Bertz CT molecular complexity index is 475. The van der Waals surface area contributed by atoms with Crippen LogP contribution in [-0.2, 0) is 11.2 Å². The third-order valence-corrected chi connectivity index (χ3v) is 4.67. The van der Waals surface area contributed by atoms with Gasteiger partial charge in [-0.05, 0) is 37.9 Å². The van der Waals surface area contributed by atoms with Gasteiger partial charge >= 0.3 is 0 Å². The van der Waals surface area contributed by atoms with Crippen LogP contribution >= 0.6 is 0 Å². The molecule has 21 heavy (non-hydrogen) atoms. The molecule has 2 atom stereocenters. The second-order valence-electron chi connectivity index (χ2n) is 6.46. The molecule has 114 valence electrons. The van der Waals surface area contributed by atoms with Gasteiger partial charge in [0.15, 0.2) is 0 Å². The lowest BCUT2D eigenvalue weighted by Gasteiger charge is -2.31. The van der Waals surface area contributed by atoms with Gasteiger partial charge < -0.3 is 4.74 Å². The fourth-order valence-corrected chi connectivity index (χ4v) is 3.66. The molecular weight excluding hydrogens is 262 g/mol. The topological polar surface area (TPSA) is 29.5 Å². The Kier molecular flexibility index (Phi) is 4.59. The van der Waals surface area contributed by atoms with E-state index >= 15 is 0 Å². The first kappa shape index (κ1) is 14.6. The molecule has 1 saturated heterocycles. The number of ketones is 1. The van der Waals surface area contributed by atoms with Gasteiger partial charge in [-0.3, -0.25) is 9.69 Å². The average Bonchev–Trinajstić information content (AvgIpc) is 2.74. The molecule has 2 heterocycles. The number of para-hydroxylation sites is 1. The van der Waals surface area contributed by atoms with Gasteiger partial charge in [-0.1, -0.05) is 31.0 Å². The van der Waals surface area contributed by atoms with Crippen LogP contribution in [0.4, 0.5) is 0 Å². The molecule has 0 spiro atoms. The predicted octanol–water partition coefficient (Wildman–Crippen LogP) is 3.21. The van der Waals surface area contributed by atoms with Gasteiger partial charge in [0, 0.05) is 25.4 Å². The minimum absolute atomic E-state index is 0.245. The summed E-state index contributed by atoms with van der Waals surface area (Å²) in [5, 5.41) is 0. The van der Waals surface area contributed by atoms with Crippen LogP contribution in [0.3, 0.4) is 0 Å². The highest BCUT2D eigenvalue weighted by Gasteiger charge is 2.29. The minimum atomic E-state index is 0.245. The van der Waals surface area contributed by atoms with E-state index < -0.39 is 0 Å². The molecule has 0 saturated carbocycles. The number of nitrogens with zero attached hydrogens (tertiary/aromatic N) is 1. The van der Waals surface area contributed by atoms with E-state index in [1.54, 1.807) is 6.92 Å². The summed E-state index contributed by atoms with van der Waals surface area (Å²) in [7, 11) is 0. The summed E-state index contributed by atoms with van der Waals surface area (Å²) in [6, 6.07) is 8.74. The van der Waals surface area contributed by atoms with Gasteiger partial charge in [-0.25, -0.2) is 0 Å². The van der Waals surface area contributed by atoms with Crippen LogP contribution in [0.15, 0.2) is 24.3 Å². The quantitative estimate of drug-likeness (QED) is 0.851. The van der Waals surface area contributed by atoms with Gasteiger partial charge in [0.05, 0.1) is 0 Å². The van der Waals surface area contributed by atoms with E-state index in [9.17, 15) is 4.79 Å². The number of rotatable bonds is 4. The number of carbonyl (C=O) groups excluding carboxylic acids is 1. The maximum Gasteiger partial charge on any atom is 0.131 e. The Hall–Kier alpha value is -1.35. The fraction of sp³-hybridized carbons (Fsp3) is 0.611. The van der Waals surface area contributed by atoms with Crippen molar-refractivity contribution in [3.05, 3.63) is 29.8 Å². The van der Waals surface area contributed by atoms with E-state index in [1.165, 1.54) is 24.8 Å². The van der Waals surface area contributed by atoms with Crippen molar-refractivity contribution in [3.63, 3.8) is 0 Å². The Labute approximate surface area is 127 Å². The molecule has 2 aliphatic rings. The van der Waals surface area contributed by atoms with Crippen molar-refractivity contribution in [1.29, 1.82) is 0 Å². The van der Waals surface area contributed by atoms with Gasteiger partial charge in [0.1, 0.15) is 17.6 Å². The minimum Gasteiger partial charge on any atom is -0.488 e. The molecule has 3 rings (SSSR count). The molecule has 1 aromatic carbocycles. The lowest BCUT2D eigenvalue weighted by atomic mass is 10.0. The van der Waals surface area contributed by atoms with Gasteiger partial charge in [-0.2, -0.15) is 0 Å². The monoisotopic (exact) mass is 287 g/mol. The molecule has 3 heteroatoms. The Morgan fingerprint density at radius 3 is 2.95 bits per heavy atom. The number of ether oxygens (including phenoxy) is 1. The molecule has 0 aromatic heterocycles. The van der Waals surface area contributed by atoms with Crippen molar-refractivity contribution >= 4 is 5.78 Å². The zero-order chi connectivity index (χ0) is 14.7. The molecule has 0 amide bonds. The maximum atomic E-state index is 11.5. The highest BCUT2D eigenvalue weighted by molar-refractivity contribution is 5.76. The fourth-order valence-electron chi connectivity index (χ4n) is 3.66. The van der Waals surface area contributed by atoms with Crippen molar-refractivity contribution in [2.45, 2.75) is 57.6 Å². The van der Waals surface area contributed by atoms with Crippen molar-refractivity contribution in [3.8, 4) is 5.75 Å². The summed E-state index contributed by atoms with van der Waals surface area (Å²) in [5.41, 5.74) is 1.32. The smallest absolute Gasteiger partial charge is 0.131 e. The van der Waals surface area contributed by atoms with Crippen molar-refractivity contribution in [2.75, 3.05) is 13.1 Å². The summed E-state index contributed by atoms with van der Waals surface area (Å²) in [6.07, 6.45) is 6.87. The molecule has 1 fully saturated rings. The van der Waals surface area contributed by atoms with Crippen LogP contribution in [-0.4, -0.2) is 35.9 Å². The normalized spacial score (nSPS) is 26.0. The van der Waals surface area contributed by atoms with E-state index in [-0.39, 0.29) is 6.10 Å². The maximum absolute atomic E-state index is 11.5. The van der Waals surface area contributed by atoms with Crippen LogP contribution in [0.25, 0.3) is 0 Å². The number of Topliss-reactive ketones (excluding diaryl/α,β-unsaturated/α-hetero) is 1. The van der Waals surface area contributed by atoms with E-state index in [2.05, 4.69) is 23.1 Å². The zero-order valence-electron chi connectivity index (χ0n) is 12.9. The van der Waals surface area contributed by atoms with Crippen LogP contribution in [0.5, 0.6) is 5.75 Å². The SMILES string of the molecule is CC(=O)CC1CCCCCN1CC1Cc2ccccc2O1. The second kappa shape index (κ2) is 6.61. The van der Waals surface area contributed by atoms with Gasteiger partial charge in [0.2, 0.25) is 0 Å². The Morgan fingerprint density at radius 1 is 1.29 bits per heavy atom. The molecule has 0 N–H and O–H groups in total. The zero-order valence-corrected chi connectivity index (χ0v) is 12.9. The number of likely N-dealkylation sites (tertiary alicyclic amines) is 1. The van der Waals surface area contributed by atoms with Crippen LogP contribution in [0, 0.1) is 0 Å². The standard InChI is InChI=1S/C18H25NO2/c1-14(20)11-16-8-3-2-6-10-19(16)13-17-12-15-7-4-5-9-18(15)21-17/h4-5,7,9,16-17H,2-3,6,8,10-13H2,1H3. The summed E-state index contributed by atoms with van der Waals surface area (Å²) in [4.78, 5) is 14.0. The lowest BCUT2D eigenvalue weighted by molar-refractivity contribution is -0.118. The molecule has 0 aliphatic carbocycles. The molecule has 2 unspecified atom stereocenters. The van der Waals surface area contributed by atoms with Crippen LogP contribution < -0.4 is 4.74 Å². The third-order valence-electron chi connectivity index (χ3n) is 4.67. The molecule has 0 bridgehead atoms. The van der Waals surface area contributed by atoms with Gasteiger partial charge in [-0.15, -0.1) is 0 Å². The predicted molar refractivity (Wildman–Crippen MR) is 83.7 cm³/mol. The first-order valence-corrected chi connectivity index (χ1v) is 8.20. The van der Waals surface area contributed by atoms with Crippen LogP contribution in [0.1, 0.15) is 44.6 Å². The number of hydrogen-bond acceptors (Lipinski definition) is 3. The molecule has 3 nitrogen and oxygen atoms in total. The first-order valence-electron chi connectivity index (χ1n) is 8.20. The Morgan fingerprint density at radius 2 is 2.14 bits per heavy atom. The largest absolute Gasteiger partial charge is 0.488 e. The Balaban J connectivity index is 1.63. The van der Waals surface area contributed by atoms with E-state index in [4.69, 9.17) is 4.74 Å². The first-order chi connectivity index (χ1) is 10.2. The third kappa shape index (κ3) is 3.65. The number of fused-ring (bicyclic) bond motifs is 1. The molecule has 1 aromatic rings. The lowest BCUT2D eigenvalue weighted by Crippen LogP contribution is -2.42. The summed E-state index contributed by atoms with van der Waals surface area (Å²) in [5.74, 6) is 1.35. The van der Waals surface area contributed by atoms with Crippen molar-refractivity contribution in [1.82, 2.24) is 4.90 Å². The number of carbonyl (C=O) groups is 1. The number of hydrogen-bond donors (Lipinski definition) is 0. The highest BCUT2D eigenvalue weighted by Crippen LogP contribution is 2.29.